The number of hydrogen-bond acceptors (Lipinski definition) is 7. The van der Waals surface area contributed by atoms with Crippen LogP contribution in [0.4, 0.5) is 5.69 Å². The second-order valence-electron chi connectivity index (χ2n) is 7.94. The van der Waals surface area contributed by atoms with Crippen molar-refractivity contribution < 1.29 is 19.0 Å². The number of rotatable bonds is 9. The highest BCUT2D eigenvalue weighted by atomic mass is 32.2. The van der Waals surface area contributed by atoms with Crippen LogP contribution in [0, 0.1) is 6.92 Å². The summed E-state index contributed by atoms with van der Waals surface area (Å²) in [6.45, 7) is 3.16. The van der Waals surface area contributed by atoms with Gasteiger partial charge in [0.2, 0.25) is 12.7 Å². The molecule has 178 valence electrons. The maximum absolute atomic E-state index is 12.6. The average Bonchev–Trinajstić information content (AvgIpc) is 3.48. The molecule has 0 radical (unpaired) electrons. The fraction of sp³-hybridized carbons (Fsp3) is 0.192. The molecule has 1 aromatic heterocycles. The molecule has 0 saturated carbocycles. The number of hydrogen-bond donors (Lipinski definition) is 1. The minimum atomic E-state index is -0.115. The molecule has 35 heavy (non-hydrogen) atoms. The lowest BCUT2D eigenvalue weighted by molar-refractivity contribution is -0.113. The van der Waals surface area contributed by atoms with Crippen molar-refractivity contribution in [3.05, 3.63) is 89.7 Å². The summed E-state index contributed by atoms with van der Waals surface area (Å²) in [6.07, 6.45) is 0. The van der Waals surface area contributed by atoms with Crippen molar-refractivity contribution >= 4 is 23.4 Å². The normalized spacial score (nSPS) is 11.9. The first-order valence-electron chi connectivity index (χ1n) is 11.1. The zero-order valence-electron chi connectivity index (χ0n) is 19.1. The van der Waals surface area contributed by atoms with Gasteiger partial charge in [0.25, 0.3) is 0 Å². The van der Waals surface area contributed by atoms with Crippen LogP contribution in [0.1, 0.15) is 17.0 Å². The first kappa shape index (κ1) is 22.8. The van der Waals surface area contributed by atoms with Crippen LogP contribution in [0.3, 0.4) is 0 Å². The van der Waals surface area contributed by atoms with Crippen LogP contribution in [0.25, 0.3) is 0 Å². The summed E-state index contributed by atoms with van der Waals surface area (Å²) in [5, 5.41) is 12.1. The van der Waals surface area contributed by atoms with Gasteiger partial charge in [-0.3, -0.25) is 4.79 Å². The lowest BCUT2D eigenvalue weighted by Gasteiger charge is -2.10. The first-order valence-corrected chi connectivity index (χ1v) is 12.1. The molecular weight excluding hydrogens is 464 g/mol. The number of anilines is 1. The Labute approximate surface area is 207 Å². The maximum Gasteiger partial charge on any atom is 0.234 e. The van der Waals surface area contributed by atoms with Gasteiger partial charge in [-0.15, -0.1) is 10.2 Å². The second-order valence-corrected chi connectivity index (χ2v) is 8.89. The molecular formula is C26H24N4O4S. The molecule has 5 rings (SSSR count). The van der Waals surface area contributed by atoms with Crippen LogP contribution in [-0.4, -0.2) is 33.2 Å². The van der Waals surface area contributed by atoms with Gasteiger partial charge in [-0.25, -0.2) is 0 Å². The van der Waals surface area contributed by atoms with Gasteiger partial charge >= 0.3 is 0 Å². The van der Waals surface area contributed by atoms with Crippen LogP contribution < -0.4 is 19.5 Å². The van der Waals surface area contributed by atoms with Gasteiger partial charge in [0.15, 0.2) is 16.7 Å². The smallest absolute Gasteiger partial charge is 0.234 e. The molecule has 3 aromatic carbocycles. The van der Waals surface area contributed by atoms with E-state index in [2.05, 4.69) is 27.6 Å². The Hall–Kier alpha value is -3.98. The summed E-state index contributed by atoms with van der Waals surface area (Å²) < 4.78 is 18.6. The van der Waals surface area contributed by atoms with Crippen molar-refractivity contribution in [2.75, 3.05) is 17.9 Å². The van der Waals surface area contributed by atoms with Crippen molar-refractivity contribution in [1.29, 1.82) is 0 Å². The zero-order chi connectivity index (χ0) is 24.0. The molecule has 1 amide bonds. The van der Waals surface area contributed by atoms with Crippen LogP contribution in [-0.2, 0) is 17.9 Å². The Morgan fingerprint density at radius 1 is 1.00 bits per heavy atom. The summed E-state index contributed by atoms with van der Waals surface area (Å²) in [5.41, 5.74) is 2.80. The topological polar surface area (TPSA) is 87.5 Å². The van der Waals surface area contributed by atoms with Gasteiger partial charge in [0, 0.05) is 11.8 Å². The monoisotopic (exact) mass is 488 g/mol. The van der Waals surface area contributed by atoms with E-state index in [0.717, 1.165) is 17.0 Å². The van der Waals surface area contributed by atoms with Crippen LogP contribution in [0.5, 0.6) is 17.2 Å². The highest BCUT2D eigenvalue weighted by Gasteiger charge is 2.14. The number of ether oxygens (including phenoxy) is 3. The molecule has 1 aliphatic heterocycles. The summed E-state index contributed by atoms with van der Waals surface area (Å²) in [6, 6.07) is 23.2. The molecule has 1 aliphatic rings. The van der Waals surface area contributed by atoms with E-state index in [-0.39, 0.29) is 18.5 Å². The number of aryl methyl sites for hydroxylation is 1. The van der Waals surface area contributed by atoms with Crippen molar-refractivity contribution in [3.8, 4) is 17.2 Å². The molecule has 0 unspecified atom stereocenters. The summed E-state index contributed by atoms with van der Waals surface area (Å²) in [5.74, 6) is 3.01. The van der Waals surface area contributed by atoms with Gasteiger partial charge < -0.3 is 24.1 Å². The van der Waals surface area contributed by atoms with E-state index in [1.807, 2.05) is 72.2 Å². The fourth-order valence-electron chi connectivity index (χ4n) is 3.62. The lowest BCUT2D eigenvalue weighted by atomic mass is 10.2. The first-order chi connectivity index (χ1) is 17.1. The van der Waals surface area contributed by atoms with E-state index in [9.17, 15) is 4.79 Å². The van der Waals surface area contributed by atoms with Gasteiger partial charge in [-0.2, -0.15) is 0 Å². The molecule has 0 bridgehead atoms. The third-order valence-electron chi connectivity index (χ3n) is 5.38. The lowest BCUT2D eigenvalue weighted by Crippen LogP contribution is -2.15. The van der Waals surface area contributed by atoms with Crippen LogP contribution >= 0.6 is 11.8 Å². The highest BCUT2D eigenvalue weighted by Crippen LogP contribution is 2.35. The number of carbonyl (C=O) groups is 1. The van der Waals surface area contributed by atoms with Gasteiger partial charge in [-0.05, 0) is 42.3 Å². The predicted molar refractivity (Wildman–Crippen MR) is 133 cm³/mol. The van der Waals surface area contributed by atoms with Gasteiger partial charge in [-0.1, -0.05) is 54.2 Å². The summed E-state index contributed by atoms with van der Waals surface area (Å²) in [7, 11) is 0. The summed E-state index contributed by atoms with van der Waals surface area (Å²) >= 11 is 1.37. The molecule has 2 heterocycles. The molecule has 4 aromatic rings. The number of carbonyl (C=O) groups excluding carboxylic acids is 1. The Bertz CT molecular complexity index is 1330. The molecule has 0 saturated heterocycles. The van der Waals surface area contributed by atoms with E-state index in [4.69, 9.17) is 14.2 Å². The molecule has 0 atom stereocenters. The number of nitrogens with zero attached hydrogens (tertiary/aromatic N) is 3. The number of amides is 1. The Kier molecular flexibility index (Phi) is 6.85. The third kappa shape index (κ3) is 5.75. The third-order valence-corrected chi connectivity index (χ3v) is 6.34. The van der Waals surface area contributed by atoms with E-state index >= 15 is 0 Å². The molecule has 1 N–H and O–H groups in total. The van der Waals surface area contributed by atoms with Crippen molar-refractivity contribution in [3.63, 3.8) is 0 Å². The Morgan fingerprint density at radius 2 is 1.83 bits per heavy atom. The SMILES string of the molecule is Cc1nnc(SCC(=O)Nc2cccc(COc3ccc4c(c3)OCO4)c2)n1Cc1ccccc1. The molecule has 0 aliphatic carbocycles. The maximum atomic E-state index is 12.6. The summed E-state index contributed by atoms with van der Waals surface area (Å²) in [4.78, 5) is 12.6. The van der Waals surface area contributed by atoms with Gasteiger partial charge in [0.1, 0.15) is 18.2 Å². The number of aromatic nitrogens is 3. The fourth-order valence-corrected chi connectivity index (χ4v) is 4.40. The largest absolute Gasteiger partial charge is 0.489 e. The predicted octanol–water partition coefficient (Wildman–Crippen LogP) is 4.67. The minimum Gasteiger partial charge on any atom is -0.489 e. The van der Waals surface area contributed by atoms with E-state index in [1.165, 1.54) is 11.8 Å². The Morgan fingerprint density at radius 3 is 2.71 bits per heavy atom. The van der Waals surface area contributed by atoms with Crippen LogP contribution in [0.15, 0.2) is 78.0 Å². The average molecular weight is 489 g/mol. The second kappa shape index (κ2) is 10.5. The van der Waals surface area contributed by atoms with E-state index in [1.54, 1.807) is 0 Å². The number of nitrogens with one attached hydrogen (secondary N) is 1. The molecule has 0 spiro atoms. The number of fused-ring (bicyclic) bond motifs is 1. The van der Waals surface area contributed by atoms with Crippen LogP contribution in [0.2, 0.25) is 0 Å². The number of benzene rings is 3. The van der Waals surface area contributed by atoms with E-state index in [0.29, 0.717) is 41.2 Å². The highest BCUT2D eigenvalue weighted by molar-refractivity contribution is 7.99. The van der Waals surface area contributed by atoms with Crippen molar-refractivity contribution in [2.45, 2.75) is 25.2 Å². The molecule has 8 nitrogen and oxygen atoms in total. The van der Waals surface area contributed by atoms with Crippen molar-refractivity contribution in [1.82, 2.24) is 14.8 Å². The number of thioether (sulfide) groups is 1. The van der Waals surface area contributed by atoms with E-state index < -0.39 is 0 Å². The Balaban J connectivity index is 1.15. The molecule has 9 heteroatoms. The quantitative estimate of drug-likeness (QED) is 0.343. The van der Waals surface area contributed by atoms with Crippen molar-refractivity contribution in [2.24, 2.45) is 0 Å². The minimum absolute atomic E-state index is 0.115. The zero-order valence-corrected chi connectivity index (χ0v) is 20.0. The van der Waals surface area contributed by atoms with Gasteiger partial charge in [0.05, 0.1) is 12.3 Å². The molecule has 0 fully saturated rings. The standard InChI is InChI=1S/C26H24N4O4S/c1-18-28-29-26(30(18)14-19-6-3-2-4-7-19)35-16-25(31)27-21-9-5-8-20(12-21)15-32-22-10-11-23-24(13-22)34-17-33-23/h2-13H,14-17H2,1H3,(H,27,31).